The smallest absolute Gasteiger partial charge is 0.271 e. The van der Waals surface area contributed by atoms with Crippen LogP contribution in [0.5, 0.6) is 5.75 Å². The van der Waals surface area contributed by atoms with Crippen LogP contribution >= 0.6 is 11.8 Å². The minimum atomic E-state index is -0.0262. The van der Waals surface area contributed by atoms with Crippen LogP contribution in [0.25, 0.3) is 6.08 Å². The Labute approximate surface area is 163 Å². The van der Waals surface area contributed by atoms with Gasteiger partial charge in [0.1, 0.15) is 5.75 Å². The van der Waals surface area contributed by atoms with Gasteiger partial charge in [-0.25, -0.2) is 0 Å². The van der Waals surface area contributed by atoms with Crippen LogP contribution in [0.3, 0.4) is 0 Å². The molecule has 0 N–H and O–H groups in total. The fourth-order valence-electron chi connectivity index (χ4n) is 3.22. The van der Waals surface area contributed by atoms with Crippen molar-refractivity contribution in [3.63, 3.8) is 0 Å². The minimum Gasteiger partial charge on any atom is -0.493 e. The predicted octanol–water partition coefficient (Wildman–Crippen LogP) is 4.82. The minimum absolute atomic E-state index is 0.0262. The summed E-state index contributed by atoms with van der Waals surface area (Å²) in [5.74, 6) is 0.924. The van der Waals surface area contributed by atoms with Gasteiger partial charge in [-0.05, 0) is 79.6 Å². The summed E-state index contributed by atoms with van der Waals surface area (Å²) in [7, 11) is 0. The lowest BCUT2D eigenvalue weighted by atomic mass is 10.1. The Morgan fingerprint density at radius 3 is 2.85 bits per heavy atom. The van der Waals surface area contributed by atoms with Crippen LogP contribution < -0.4 is 9.64 Å². The van der Waals surface area contributed by atoms with Crippen LogP contribution in [0, 0.1) is 6.92 Å². The standard InChI is InChI=1S/C22H22N2O2S/c1-14(2)23-22-24(18-6-4-5-15(3)11-18)21(25)20(27-22)13-16-7-8-19-17(12-16)9-10-26-19/h4-8,11-14H,9-10H2,1-3H3/b20-13-,23-22-. The summed E-state index contributed by atoms with van der Waals surface area (Å²) in [4.78, 5) is 20.3. The van der Waals surface area contributed by atoms with Crippen molar-refractivity contribution in [3.8, 4) is 5.75 Å². The average molecular weight is 378 g/mol. The molecule has 2 heterocycles. The van der Waals surface area contributed by atoms with E-state index in [1.807, 2.05) is 63.2 Å². The number of amidine groups is 1. The maximum Gasteiger partial charge on any atom is 0.271 e. The van der Waals surface area contributed by atoms with Gasteiger partial charge >= 0.3 is 0 Å². The number of carbonyl (C=O) groups excluding carboxylic acids is 1. The van der Waals surface area contributed by atoms with E-state index in [1.165, 1.54) is 17.3 Å². The lowest BCUT2D eigenvalue weighted by Gasteiger charge is -2.16. The molecule has 0 aliphatic carbocycles. The predicted molar refractivity (Wildman–Crippen MR) is 112 cm³/mol. The molecule has 5 heteroatoms. The van der Waals surface area contributed by atoms with Gasteiger partial charge in [0.2, 0.25) is 0 Å². The largest absolute Gasteiger partial charge is 0.493 e. The summed E-state index contributed by atoms with van der Waals surface area (Å²) in [6.45, 7) is 6.80. The number of thioether (sulfide) groups is 1. The maximum absolute atomic E-state index is 13.2. The molecular weight excluding hydrogens is 356 g/mol. The summed E-state index contributed by atoms with van der Waals surface area (Å²) in [6, 6.07) is 14.2. The highest BCUT2D eigenvalue weighted by molar-refractivity contribution is 8.19. The van der Waals surface area contributed by atoms with E-state index in [9.17, 15) is 4.79 Å². The molecule has 2 aromatic rings. The zero-order valence-electron chi connectivity index (χ0n) is 15.7. The van der Waals surface area contributed by atoms with E-state index >= 15 is 0 Å². The van der Waals surface area contributed by atoms with E-state index in [-0.39, 0.29) is 11.9 Å². The first kappa shape index (κ1) is 17.9. The summed E-state index contributed by atoms with van der Waals surface area (Å²) in [6.07, 6.45) is 2.88. The number of fused-ring (bicyclic) bond motifs is 1. The lowest BCUT2D eigenvalue weighted by Crippen LogP contribution is -2.29. The van der Waals surface area contributed by atoms with Crippen molar-refractivity contribution >= 4 is 34.6 Å². The van der Waals surface area contributed by atoms with Crippen LogP contribution in [0.15, 0.2) is 52.4 Å². The second-order valence-electron chi connectivity index (χ2n) is 7.06. The normalized spacial score (nSPS) is 19.3. The van der Waals surface area contributed by atoms with E-state index in [0.29, 0.717) is 4.91 Å². The van der Waals surface area contributed by atoms with E-state index in [4.69, 9.17) is 4.74 Å². The molecule has 138 valence electrons. The molecule has 0 radical (unpaired) electrons. The maximum atomic E-state index is 13.2. The number of anilines is 1. The highest BCUT2D eigenvalue weighted by Crippen LogP contribution is 2.37. The number of aliphatic imine (C=N–C) groups is 1. The second-order valence-corrected chi connectivity index (χ2v) is 8.07. The van der Waals surface area contributed by atoms with Gasteiger partial charge in [-0.15, -0.1) is 0 Å². The van der Waals surface area contributed by atoms with Gasteiger partial charge in [-0.1, -0.05) is 18.2 Å². The third-order valence-electron chi connectivity index (χ3n) is 4.45. The Hall–Kier alpha value is -2.53. The highest BCUT2D eigenvalue weighted by Gasteiger charge is 2.34. The van der Waals surface area contributed by atoms with Gasteiger partial charge in [0.25, 0.3) is 5.91 Å². The van der Waals surface area contributed by atoms with Gasteiger partial charge in [-0.3, -0.25) is 14.7 Å². The molecule has 0 aromatic heterocycles. The lowest BCUT2D eigenvalue weighted by molar-refractivity contribution is -0.113. The van der Waals surface area contributed by atoms with E-state index in [0.717, 1.165) is 40.8 Å². The van der Waals surface area contributed by atoms with Crippen molar-refractivity contribution < 1.29 is 9.53 Å². The zero-order chi connectivity index (χ0) is 19.0. The molecule has 0 spiro atoms. The third kappa shape index (κ3) is 3.65. The van der Waals surface area contributed by atoms with Crippen LogP contribution in [0.4, 0.5) is 5.69 Å². The molecule has 0 unspecified atom stereocenters. The van der Waals surface area contributed by atoms with E-state index < -0.39 is 0 Å². The topological polar surface area (TPSA) is 41.9 Å². The molecular formula is C22H22N2O2S. The molecule has 1 amide bonds. The fourth-order valence-corrected chi connectivity index (χ4v) is 4.34. The number of amides is 1. The SMILES string of the molecule is Cc1cccc(N2C(=O)/C(=C/c3ccc4c(c3)CCO4)S/C2=N\C(C)C)c1. The molecule has 4 nitrogen and oxygen atoms in total. The molecule has 1 fully saturated rings. The van der Waals surface area contributed by atoms with Crippen molar-refractivity contribution in [2.24, 2.45) is 4.99 Å². The van der Waals surface area contributed by atoms with Gasteiger partial charge in [0, 0.05) is 12.5 Å². The Bertz CT molecular complexity index is 963. The van der Waals surface area contributed by atoms with Gasteiger partial charge in [0.05, 0.1) is 17.2 Å². The molecule has 2 aliphatic heterocycles. The van der Waals surface area contributed by atoms with Crippen molar-refractivity contribution in [1.29, 1.82) is 0 Å². The molecule has 0 bridgehead atoms. The number of nitrogens with zero attached hydrogens (tertiary/aromatic N) is 2. The monoisotopic (exact) mass is 378 g/mol. The fraction of sp³-hybridized carbons (Fsp3) is 0.273. The third-order valence-corrected chi connectivity index (χ3v) is 5.43. The van der Waals surface area contributed by atoms with Crippen LogP contribution in [-0.2, 0) is 11.2 Å². The van der Waals surface area contributed by atoms with Gasteiger partial charge in [-0.2, -0.15) is 0 Å². The van der Waals surface area contributed by atoms with Gasteiger partial charge in [0.15, 0.2) is 5.17 Å². The summed E-state index contributed by atoms with van der Waals surface area (Å²) >= 11 is 1.44. The summed E-state index contributed by atoms with van der Waals surface area (Å²) in [5.41, 5.74) is 4.19. The van der Waals surface area contributed by atoms with Gasteiger partial charge < -0.3 is 4.74 Å². The molecule has 2 aliphatic rings. The molecule has 1 saturated heterocycles. The Morgan fingerprint density at radius 1 is 1.22 bits per heavy atom. The van der Waals surface area contributed by atoms with Crippen molar-refractivity contribution in [1.82, 2.24) is 0 Å². The van der Waals surface area contributed by atoms with Crippen molar-refractivity contribution in [2.45, 2.75) is 33.2 Å². The molecule has 27 heavy (non-hydrogen) atoms. The number of aryl methyl sites for hydroxylation is 1. The number of carbonyl (C=O) groups is 1. The Balaban J connectivity index is 1.72. The van der Waals surface area contributed by atoms with Crippen LogP contribution in [0.1, 0.15) is 30.5 Å². The molecule has 2 aromatic carbocycles. The highest BCUT2D eigenvalue weighted by atomic mass is 32.2. The molecule has 4 rings (SSSR count). The Morgan fingerprint density at radius 2 is 2.07 bits per heavy atom. The van der Waals surface area contributed by atoms with Crippen LogP contribution in [-0.4, -0.2) is 23.7 Å². The average Bonchev–Trinajstić information content (AvgIpc) is 3.19. The zero-order valence-corrected chi connectivity index (χ0v) is 16.5. The Kier molecular flexibility index (Phi) is 4.79. The number of hydrogen-bond acceptors (Lipinski definition) is 4. The van der Waals surface area contributed by atoms with Crippen molar-refractivity contribution in [2.75, 3.05) is 11.5 Å². The first-order valence-corrected chi connectivity index (χ1v) is 9.97. The number of benzene rings is 2. The van der Waals surface area contributed by atoms with E-state index in [2.05, 4.69) is 11.1 Å². The van der Waals surface area contributed by atoms with E-state index in [1.54, 1.807) is 4.90 Å². The van der Waals surface area contributed by atoms with Crippen LogP contribution in [0.2, 0.25) is 0 Å². The first-order valence-electron chi connectivity index (χ1n) is 9.15. The summed E-state index contributed by atoms with van der Waals surface area (Å²) < 4.78 is 5.57. The first-order chi connectivity index (χ1) is 13.0. The second kappa shape index (κ2) is 7.24. The number of hydrogen-bond donors (Lipinski definition) is 0. The summed E-state index contributed by atoms with van der Waals surface area (Å²) in [5, 5.41) is 0.733. The number of rotatable bonds is 3. The number of ether oxygens (including phenoxy) is 1. The van der Waals surface area contributed by atoms with Crippen molar-refractivity contribution in [3.05, 3.63) is 64.1 Å². The molecule has 0 saturated carbocycles. The molecule has 0 atom stereocenters. The quantitative estimate of drug-likeness (QED) is 0.720.